The van der Waals surface area contributed by atoms with Gasteiger partial charge in [-0.05, 0) is 49.2 Å². The SMILES string of the molecule is O=C(OCC(=O)c1cc(Cl)ccc1Cl)c1cccc(S(=O)(=O)N2CCCC2)c1. The fourth-order valence-electron chi connectivity index (χ4n) is 2.86. The van der Waals surface area contributed by atoms with Crippen LogP contribution in [-0.4, -0.2) is 44.2 Å². The number of carbonyl (C=O) groups is 2. The third kappa shape index (κ3) is 4.55. The minimum atomic E-state index is -3.65. The largest absolute Gasteiger partial charge is 0.454 e. The molecule has 0 radical (unpaired) electrons. The quantitative estimate of drug-likeness (QED) is 0.502. The smallest absolute Gasteiger partial charge is 0.338 e. The first kappa shape index (κ1) is 20.8. The van der Waals surface area contributed by atoms with E-state index in [9.17, 15) is 18.0 Å². The molecule has 0 aromatic heterocycles. The number of nitrogens with zero attached hydrogens (tertiary/aromatic N) is 1. The van der Waals surface area contributed by atoms with E-state index < -0.39 is 28.4 Å². The summed E-state index contributed by atoms with van der Waals surface area (Å²) < 4.78 is 31.7. The summed E-state index contributed by atoms with van der Waals surface area (Å²) in [5, 5.41) is 0.531. The standard InChI is InChI=1S/C19H17Cl2NO5S/c20-14-6-7-17(21)16(11-14)18(23)12-27-19(24)13-4-3-5-15(10-13)28(25,26)22-8-1-2-9-22/h3-7,10-11H,1-2,8-9,12H2. The third-order valence-electron chi connectivity index (χ3n) is 4.34. The van der Waals surface area contributed by atoms with Gasteiger partial charge in [0.05, 0.1) is 15.5 Å². The monoisotopic (exact) mass is 441 g/mol. The van der Waals surface area contributed by atoms with Crippen LogP contribution in [0.4, 0.5) is 0 Å². The van der Waals surface area contributed by atoms with Crippen molar-refractivity contribution in [3.63, 3.8) is 0 Å². The van der Waals surface area contributed by atoms with E-state index in [1.807, 2.05) is 0 Å². The number of halogens is 2. The van der Waals surface area contributed by atoms with E-state index in [1.165, 1.54) is 40.7 Å². The molecular weight excluding hydrogens is 425 g/mol. The van der Waals surface area contributed by atoms with Crippen LogP contribution in [-0.2, 0) is 14.8 Å². The minimum absolute atomic E-state index is 0.0214. The molecule has 28 heavy (non-hydrogen) atoms. The molecule has 0 N–H and O–H groups in total. The molecule has 0 bridgehead atoms. The predicted molar refractivity (Wildman–Crippen MR) is 106 cm³/mol. The van der Waals surface area contributed by atoms with Crippen LogP contribution in [0.15, 0.2) is 47.4 Å². The van der Waals surface area contributed by atoms with Crippen molar-refractivity contribution in [2.24, 2.45) is 0 Å². The number of rotatable bonds is 6. The van der Waals surface area contributed by atoms with Gasteiger partial charge in [-0.3, -0.25) is 4.79 Å². The maximum Gasteiger partial charge on any atom is 0.338 e. The Morgan fingerprint density at radius 2 is 1.75 bits per heavy atom. The molecule has 9 heteroatoms. The summed E-state index contributed by atoms with van der Waals surface area (Å²) in [6, 6.07) is 10.00. The van der Waals surface area contributed by atoms with Gasteiger partial charge in [-0.15, -0.1) is 0 Å². The molecule has 0 amide bonds. The first-order valence-electron chi connectivity index (χ1n) is 8.54. The van der Waals surface area contributed by atoms with Gasteiger partial charge in [-0.25, -0.2) is 13.2 Å². The van der Waals surface area contributed by atoms with Gasteiger partial charge in [0.2, 0.25) is 15.8 Å². The highest BCUT2D eigenvalue weighted by atomic mass is 35.5. The van der Waals surface area contributed by atoms with Crippen LogP contribution in [0.3, 0.4) is 0 Å². The van der Waals surface area contributed by atoms with Gasteiger partial charge in [-0.1, -0.05) is 29.3 Å². The zero-order chi connectivity index (χ0) is 20.3. The number of Topliss-reactive ketones (excluding diaryl/α,β-unsaturated/α-hetero) is 1. The Balaban J connectivity index is 1.71. The molecule has 2 aromatic rings. The summed E-state index contributed by atoms with van der Waals surface area (Å²) >= 11 is 11.8. The Kier molecular flexibility index (Phi) is 6.40. The van der Waals surface area contributed by atoms with Crippen LogP contribution >= 0.6 is 23.2 Å². The van der Waals surface area contributed by atoms with E-state index in [4.69, 9.17) is 27.9 Å². The maximum absolute atomic E-state index is 12.6. The van der Waals surface area contributed by atoms with E-state index in [2.05, 4.69) is 0 Å². The van der Waals surface area contributed by atoms with Crippen molar-refractivity contribution in [1.29, 1.82) is 0 Å². The Morgan fingerprint density at radius 3 is 2.46 bits per heavy atom. The molecule has 148 valence electrons. The van der Waals surface area contributed by atoms with Gasteiger partial charge in [0, 0.05) is 23.7 Å². The lowest BCUT2D eigenvalue weighted by atomic mass is 10.1. The lowest BCUT2D eigenvalue weighted by Crippen LogP contribution is -2.28. The number of sulfonamides is 1. The number of hydrogen-bond acceptors (Lipinski definition) is 5. The van der Waals surface area contributed by atoms with E-state index in [-0.39, 0.29) is 21.0 Å². The summed E-state index contributed by atoms with van der Waals surface area (Å²) in [5.41, 5.74) is 0.192. The van der Waals surface area contributed by atoms with Crippen LogP contribution in [0.5, 0.6) is 0 Å². The van der Waals surface area contributed by atoms with Gasteiger partial charge in [-0.2, -0.15) is 4.31 Å². The van der Waals surface area contributed by atoms with Crippen LogP contribution < -0.4 is 0 Å². The highest BCUT2D eigenvalue weighted by Gasteiger charge is 2.27. The Bertz CT molecular complexity index is 1020. The van der Waals surface area contributed by atoms with Crippen LogP contribution in [0.25, 0.3) is 0 Å². The first-order chi connectivity index (χ1) is 13.3. The Morgan fingerprint density at radius 1 is 1.04 bits per heavy atom. The second-order valence-corrected chi connectivity index (χ2v) is 9.04. The molecule has 2 aromatic carbocycles. The third-order valence-corrected chi connectivity index (χ3v) is 6.80. The Hall–Kier alpha value is -1.93. The molecule has 1 heterocycles. The number of hydrogen-bond donors (Lipinski definition) is 0. The topological polar surface area (TPSA) is 80.8 Å². The van der Waals surface area contributed by atoms with Crippen molar-refractivity contribution >= 4 is 45.0 Å². The van der Waals surface area contributed by atoms with Gasteiger partial charge >= 0.3 is 5.97 Å². The summed E-state index contributed by atoms with van der Waals surface area (Å²) in [6.07, 6.45) is 1.63. The molecule has 3 rings (SSSR count). The average Bonchev–Trinajstić information content (AvgIpc) is 3.23. The highest BCUT2D eigenvalue weighted by molar-refractivity contribution is 7.89. The highest BCUT2D eigenvalue weighted by Crippen LogP contribution is 2.23. The summed E-state index contributed by atoms with van der Waals surface area (Å²) in [7, 11) is -3.65. The Labute approximate surface area is 173 Å². The van der Waals surface area contributed by atoms with E-state index >= 15 is 0 Å². The van der Waals surface area contributed by atoms with Crippen molar-refractivity contribution < 1.29 is 22.7 Å². The van der Waals surface area contributed by atoms with Gasteiger partial charge in [0.1, 0.15) is 0 Å². The zero-order valence-electron chi connectivity index (χ0n) is 14.7. The summed E-state index contributed by atoms with van der Waals surface area (Å²) in [6.45, 7) is 0.389. The number of ether oxygens (including phenoxy) is 1. The van der Waals surface area contributed by atoms with E-state index in [1.54, 1.807) is 6.07 Å². The summed E-state index contributed by atoms with van der Waals surface area (Å²) in [4.78, 5) is 24.5. The fourth-order valence-corrected chi connectivity index (χ4v) is 4.82. The van der Waals surface area contributed by atoms with Crippen molar-refractivity contribution in [2.45, 2.75) is 17.7 Å². The van der Waals surface area contributed by atoms with E-state index in [0.29, 0.717) is 18.1 Å². The first-order valence-corrected chi connectivity index (χ1v) is 10.7. The second kappa shape index (κ2) is 8.61. The number of esters is 1. The molecule has 0 unspecified atom stereocenters. The summed E-state index contributed by atoms with van der Waals surface area (Å²) in [5.74, 6) is -1.31. The molecule has 1 saturated heterocycles. The molecule has 0 aliphatic carbocycles. The lowest BCUT2D eigenvalue weighted by Gasteiger charge is -2.15. The average molecular weight is 442 g/mol. The molecule has 0 spiro atoms. The molecule has 1 aliphatic heterocycles. The fraction of sp³-hybridized carbons (Fsp3) is 0.263. The van der Waals surface area contributed by atoms with Gasteiger partial charge < -0.3 is 4.74 Å². The van der Waals surface area contributed by atoms with Crippen molar-refractivity contribution in [1.82, 2.24) is 4.31 Å². The van der Waals surface area contributed by atoms with Crippen LogP contribution in [0, 0.1) is 0 Å². The maximum atomic E-state index is 12.6. The van der Waals surface area contributed by atoms with Crippen molar-refractivity contribution in [3.8, 4) is 0 Å². The molecule has 6 nitrogen and oxygen atoms in total. The van der Waals surface area contributed by atoms with Crippen LogP contribution in [0.2, 0.25) is 10.0 Å². The van der Waals surface area contributed by atoms with Crippen LogP contribution in [0.1, 0.15) is 33.6 Å². The van der Waals surface area contributed by atoms with Crippen molar-refractivity contribution in [3.05, 3.63) is 63.6 Å². The number of benzene rings is 2. The molecule has 0 atom stereocenters. The van der Waals surface area contributed by atoms with Gasteiger partial charge in [0.25, 0.3) is 0 Å². The number of ketones is 1. The lowest BCUT2D eigenvalue weighted by molar-refractivity contribution is 0.0474. The van der Waals surface area contributed by atoms with E-state index in [0.717, 1.165) is 12.8 Å². The predicted octanol–water partition coefficient (Wildman–Crippen LogP) is 3.82. The van der Waals surface area contributed by atoms with Crippen molar-refractivity contribution in [2.75, 3.05) is 19.7 Å². The normalized spacial score (nSPS) is 14.8. The second-order valence-electron chi connectivity index (χ2n) is 6.26. The molecule has 1 fully saturated rings. The zero-order valence-corrected chi connectivity index (χ0v) is 17.1. The minimum Gasteiger partial charge on any atom is -0.454 e. The van der Waals surface area contributed by atoms with Gasteiger partial charge in [0.15, 0.2) is 6.61 Å². The molecular formula is C19H17Cl2NO5S. The molecule has 1 aliphatic rings. The molecule has 0 saturated carbocycles. The number of carbonyl (C=O) groups excluding carboxylic acids is 2.